The topological polar surface area (TPSA) is 163 Å². The second kappa shape index (κ2) is 27.9. The van der Waals surface area contributed by atoms with E-state index in [0.29, 0.717) is 29.3 Å². The number of carboxylic acids is 1. The number of aromatic amines is 2. The summed E-state index contributed by atoms with van der Waals surface area (Å²) in [4.78, 5) is 59.6. The van der Waals surface area contributed by atoms with Crippen molar-refractivity contribution >= 4 is 85.4 Å². The zero-order valence-corrected chi connectivity index (χ0v) is 50.2. The molecule has 402 valence electrons. The van der Waals surface area contributed by atoms with Crippen LogP contribution in [-0.2, 0) is 36.3 Å². The van der Waals surface area contributed by atoms with Crippen LogP contribution in [-0.4, -0.2) is 126 Å². The Hall–Kier alpha value is -4.90. The number of amides is 2. The number of ether oxygens (including phenoxy) is 2. The first-order valence-corrected chi connectivity index (χ1v) is 30.4. The standard InChI is InChI=1S/C27H33FN2O4Si.C19H29NO5Si.C8H6FN.C2H5.BrH.Mg/c1-27(2,3)35(4,5)34-20-14-24(25(31)22-15-29-23-13-19(28)11-12-21(22)23)30(16-20)26(32)33-17-18-9-7-6-8-10-18;1-19(2,3)26(4,5)25-15-11-16(17(21)22)20(12-15)18(23)24-13-14-9-7-6-8-10-14;9-7-2-1-6-3-4-10-8(6)5-7;1-2;;/h6-13,15,20,24,29H,14,16-17H2,1-5H3;6-10,15-16H,11-13H2,1-5H3,(H,21,22);1-5,10H;1H2,2H3;1H;/q;;;-1;;+2/p-1/t20-,24+;15-,16+;;;;/m11..../s1. The minimum atomic E-state index is -2.12. The fraction of sp³-hybridized carbons (Fsp3) is 0.411. The molecule has 4 heterocycles. The van der Waals surface area contributed by atoms with Crippen LogP contribution in [0.3, 0.4) is 0 Å². The Kier molecular flexibility index (Phi) is 24.0. The molecule has 2 aliphatic rings. The van der Waals surface area contributed by atoms with Gasteiger partial charge in [0.1, 0.15) is 36.9 Å². The van der Waals surface area contributed by atoms with Crippen molar-refractivity contribution in [1.29, 1.82) is 0 Å². The molecule has 3 N–H and O–H groups in total. The number of ketones is 1. The van der Waals surface area contributed by atoms with E-state index in [1.54, 1.807) is 31.5 Å². The Balaban J connectivity index is 0.000000324. The number of aromatic nitrogens is 2. The summed E-state index contributed by atoms with van der Waals surface area (Å²) in [6, 6.07) is 28.0. The molecule has 19 heteroatoms. The summed E-state index contributed by atoms with van der Waals surface area (Å²) < 4.78 is 50.0. The van der Waals surface area contributed by atoms with E-state index in [2.05, 4.69) is 84.6 Å². The Labute approximate surface area is 469 Å². The van der Waals surface area contributed by atoms with E-state index in [-0.39, 0.29) is 106 Å². The molecule has 0 unspecified atom stereocenters. The number of nitrogens with one attached hydrogen (secondary N) is 2. The van der Waals surface area contributed by atoms with Crippen molar-refractivity contribution in [3.8, 4) is 0 Å². The third kappa shape index (κ3) is 17.3. The number of fused-ring (bicyclic) bond motifs is 2. The predicted molar refractivity (Wildman–Crippen MR) is 293 cm³/mol. The number of Topliss-reactive ketones (excluding diaryl/α,β-unsaturated/α-hetero) is 1. The third-order valence-electron chi connectivity index (χ3n) is 14.0. The number of hydrogen-bond acceptors (Lipinski definition) is 8. The monoisotopic (exact) mass is 1140 g/mol. The van der Waals surface area contributed by atoms with Crippen LogP contribution in [0.1, 0.15) is 82.8 Å². The SMILES string of the molecule is CC(C)(C)[Si](C)(C)O[C@@H]1C[C@@H](C(=O)O)N(C(=O)OCc2ccccc2)C1.CC(C)(C)[Si](C)(C)O[C@@H]1C[C@@H](C(=O)c2c[nH]c3cc(F)ccc23)N(C(=O)OCc2ccccc2)C1.Fc1ccc2cc[nH]c2c1.[Br-].[CH2-]C.[Mg+2]. The summed E-state index contributed by atoms with van der Waals surface area (Å²) >= 11 is 0. The molecule has 2 aromatic heterocycles. The third-order valence-corrected chi connectivity index (χ3v) is 23.0. The van der Waals surface area contributed by atoms with Gasteiger partial charge in [-0.25, -0.2) is 23.2 Å². The summed E-state index contributed by atoms with van der Waals surface area (Å²) in [5.41, 5.74) is 3.55. The number of carboxylic acid groups (broad SMARTS) is 1. The summed E-state index contributed by atoms with van der Waals surface area (Å²) in [7, 11) is -4.17. The second-order valence-electron chi connectivity index (χ2n) is 21.2. The van der Waals surface area contributed by atoms with E-state index in [1.165, 1.54) is 34.1 Å². The first kappa shape index (κ1) is 64.4. The fourth-order valence-electron chi connectivity index (χ4n) is 7.95. The van der Waals surface area contributed by atoms with Crippen molar-refractivity contribution in [2.75, 3.05) is 13.1 Å². The van der Waals surface area contributed by atoms with Gasteiger partial charge in [-0.2, -0.15) is 6.92 Å². The van der Waals surface area contributed by atoms with Gasteiger partial charge in [-0.05, 0) is 95.2 Å². The maximum atomic E-state index is 13.7. The van der Waals surface area contributed by atoms with Gasteiger partial charge < -0.3 is 57.3 Å². The van der Waals surface area contributed by atoms with Crippen LogP contribution in [0.5, 0.6) is 0 Å². The van der Waals surface area contributed by atoms with Crippen LogP contribution in [0.15, 0.2) is 116 Å². The predicted octanol–water partition coefficient (Wildman–Crippen LogP) is 9.93. The van der Waals surface area contributed by atoms with E-state index in [9.17, 15) is 33.1 Å². The van der Waals surface area contributed by atoms with Gasteiger partial charge >= 0.3 is 41.2 Å². The van der Waals surface area contributed by atoms with Crippen LogP contribution >= 0.6 is 0 Å². The Morgan fingerprint density at radius 1 is 0.653 bits per heavy atom. The molecule has 4 atom stereocenters. The van der Waals surface area contributed by atoms with Gasteiger partial charge in [-0.3, -0.25) is 14.6 Å². The number of carbonyl (C=O) groups is 4. The number of H-pyrrole nitrogens is 2. The quantitative estimate of drug-likeness (QED) is 0.0651. The first-order chi connectivity index (χ1) is 34.3. The molecule has 2 amide bonds. The molecule has 0 spiro atoms. The number of aliphatic carboxylic acids is 1. The van der Waals surface area contributed by atoms with E-state index in [1.807, 2.05) is 66.7 Å². The van der Waals surface area contributed by atoms with Crippen molar-refractivity contribution in [2.24, 2.45) is 0 Å². The molecule has 0 saturated carbocycles. The molecule has 13 nitrogen and oxygen atoms in total. The molecule has 0 aliphatic carbocycles. The number of carbonyl (C=O) groups excluding carboxylic acids is 3. The van der Waals surface area contributed by atoms with Crippen LogP contribution < -0.4 is 17.0 Å². The van der Waals surface area contributed by atoms with Gasteiger partial charge in [0, 0.05) is 60.3 Å². The van der Waals surface area contributed by atoms with Crippen LogP contribution in [0.2, 0.25) is 36.3 Å². The van der Waals surface area contributed by atoms with Gasteiger partial charge in [0.25, 0.3) is 0 Å². The van der Waals surface area contributed by atoms with Gasteiger partial charge in [0.15, 0.2) is 22.4 Å². The Morgan fingerprint density at radius 2 is 1.09 bits per heavy atom. The largest absolute Gasteiger partial charge is 2.00 e. The average molecular weight is 1140 g/mol. The summed E-state index contributed by atoms with van der Waals surface area (Å²) in [5, 5.41) is 11.2. The van der Waals surface area contributed by atoms with Crippen LogP contribution in [0, 0.1) is 18.6 Å². The summed E-state index contributed by atoms with van der Waals surface area (Å²) in [5.74, 6) is -1.81. The van der Waals surface area contributed by atoms with Crippen molar-refractivity contribution in [2.45, 2.75) is 135 Å². The van der Waals surface area contributed by atoms with E-state index >= 15 is 0 Å². The molecular formula is C56H73BrF2MgN4O9Si2. The molecule has 4 aromatic carbocycles. The molecule has 0 radical (unpaired) electrons. The van der Waals surface area contributed by atoms with Gasteiger partial charge in [-0.1, -0.05) is 102 Å². The zero-order chi connectivity index (χ0) is 53.9. The van der Waals surface area contributed by atoms with Crippen LogP contribution in [0.4, 0.5) is 18.4 Å². The maximum Gasteiger partial charge on any atom is 2.00 e. The molecule has 0 bridgehead atoms. The number of nitrogens with zero attached hydrogens (tertiary/aromatic N) is 2. The number of benzene rings is 4. The number of likely N-dealkylation sites (tertiary alicyclic amines) is 2. The average Bonchev–Trinajstić information content (AvgIpc) is 4.17. The summed E-state index contributed by atoms with van der Waals surface area (Å²) in [6.45, 7) is 27.2. The molecule has 6 aromatic rings. The molecule has 8 rings (SSSR count). The van der Waals surface area contributed by atoms with Gasteiger partial charge in [0.05, 0.1) is 12.2 Å². The first-order valence-electron chi connectivity index (χ1n) is 24.6. The number of rotatable bonds is 11. The van der Waals surface area contributed by atoms with Crippen molar-refractivity contribution in [1.82, 2.24) is 19.8 Å². The normalized spacial score (nSPS) is 17.5. The maximum absolute atomic E-state index is 13.7. The molecule has 75 heavy (non-hydrogen) atoms. The molecule has 2 aliphatic heterocycles. The van der Waals surface area contributed by atoms with Crippen molar-refractivity contribution < 1.29 is 68.4 Å². The molecular weight excluding hydrogens is 1070 g/mol. The zero-order valence-electron chi connectivity index (χ0n) is 45.2. The summed E-state index contributed by atoms with van der Waals surface area (Å²) in [6.07, 6.45) is 2.37. The smallest absolute Gasteiger partial charge is 1.00 e. The minimum Gasteiger partial charge on any atom is -1.00 e. The number of hydrogen-bond donors (Lipinski definition) is 3. The van der Waals surface area contributed by atoms with E-state index in [0.717, 1.165) is 22.0 Å². The van der Waals surface area contributed by atoms with Crippen molar-refractivity contribution in [3.05, 3.63) is 151 Å². The van der Waals surface area contributed by atoms with Gasteiger partial charge in [0.2, 0.25) is 0 Å². The second-order valence-corrected chi connectivity index (χ2v) is 30.7. The minimum absolute atomic E-state index is 0. The van der Waals surface area contributed by atoms with Gasteiger partial charge in [-0.15, -0.1) is 0 Å². The van der Waals surface area contributed by atoms with Crippen molar-refractivity contribution in [3.63, 3.8) is 0 Å². The molecule has 2 saturated heterocycles. The number of halogens is 3. The fourth-order valence-corrected chi connectivity index (χ4v) is 10.7. The van der Waals surface area contributed by atoms with Crippen LogP contribution in [0.25, 0.3) is 21.8 Å². The van der Waals surface area contributed by atoms with E-state index in [4.69, 9.17) is 18.3 Å². The molecule has 2 fully saturated rings. The Morgan fingerprint density at radius 3 is 1.56 bits per heavy atom. The Bertz CT molecular complexity index is 2790. The van der Waals surface area contributed by atoms with E-state index < -0.39 is 46.9 Å².